The van der Waals surface area contributed by atoms with E-state index in [0.29, 0.717) is 23.1 Å². The monoisotopic (exact) mass is 426 g/mol. The van der Waals surface area contributed by atoms with Crippen molar-refractivity contribution in [3.8, 4) is 11.5 Å². The number of carbonyl (C=O) groups is 1. The molecule has 1 heterocycles. The molecule has 0 aliphatic rings. The van der Waals surface area contributed by atoms with E-state index in [0.717, 1.165) is 17.1 Å². The van der Waals surface area contributed by atoms with Crippen molar-refractivity contribution in [2.45, 2.75) is 38.6 Å². The molecule has 3 aromatic rings. The minimum absolute atomic E-state index is 0.138. The van der Waals surface area contributed by atoms with E-state index >= 15 is 0 Å². The molecule has 1 N–H and O–H groups in total. The highest BCUT2D eigenvalue weighted by Gasteiger charge is 2.20. The Morgan fingerprint density at radius 2 is 1.83 bits per heavy atom. The topological polar surface area (TPSA) is 78.3 Å². The summed E-state index contributed by atoms with van der Waals surface area (Å²) in [6.45, 7) is 6.66. The molecule has 0 aliphatic carbocycles. The molecule has 158 valence electrons. The largest absolute Gasteiger partial charge is 0.495 e. The van der Waals surface area contributed by atoms with Crippen LogP contribution in [0.15, 0.2) is 53.7 Å². The van der Waals surface area contributed by atoms with Crippen molar-refractivity contribution in [3.05, 3.63) is 59.9 Å². The van der Waals surface area contributed by atoms with Crippen molar-refractivity contribution in [2.75, 3.05) is 18.2 Å². The van der Waals surface area contributed by atoms with E-state index < -0.39 is 0 Å². The van der Waals surface area contributed by atoms with Crippen LogP contribution in [0.2, 0.25) is 0 Å². The predicted octanol–water partition coefficient (Wildman–Crippen LogP) is 4.49. The van der Waals surface area contributed by atoms with E-state index in [1.807, 2.05) is 61.7 Å². The molecule has 0 spiro atoms. The smallest absolute Gasteiger partial charge is 0.234 e. The second-order valence-electron chi connectivity index (χ2n) is 6.65. The summed E-state index contributed by atoms with van der Waals surface area (Å²) in [6.07, 6.45) is -0.268. The highest BCUT2D eigenvalue weighted by Crippen LogP contribution is 2.27. The number of nitrogens with one attached hydrogen (secondary N) is 1. The average molecular weight is 427 g/mol. The zero-order valence-electron chi connectivity index (χ0n) is 17.6. The Balaban J connectivity index is 1.65. The van der Waals surface area contributed by atoms with Gasteiger partial charge in [0.1, 0.15) is 11.5 Å². The van der Waals surface area contributed by atoms with Crippen LogP contribution >= 0.6 is 11.8 Å². The molecular formula is C22H26N4O3S. The summed E-state index contributed by atoms with van der Waals surface area (Å²) in [4.78, 5) is 12.4. The fraction of sp³-hybridized carbons (Fsp3) is 0.318. The van der Waals surface area contributed by atoms with Crippen molar-refractivity contribution in [2.24, 2.45) is 0 Å². The van der Waals surface area contributed by atoms with E-state index in [9.17, 15) is 4.79 Å². The van der Waals surface area contributed by atoms with Crippen LogP contribution in [0.4, 0.5) is 5.69 Å². The average Bonchev–Trinajstić information content (AvgIpc) is 3.17. The fourth-order valence-corrected chi connectivity index (χ4v) is 3.81. The number of para-hydroxylation sites is 3. The van der Waals surface area contributed by atoms with Crippen molar-refractivity contribution in [3.63, 3.8) is 0 Å². The van der Waals surface area contributed by atoms with Crippen molar-refractivity contribution >= 4 is 23.4 Å². The number of thioether (sulfide) groups is 1. The van der Waals surface area contributed by atoms with Crippen molar-refractivity contribution in [1.82, 2.24) is 14.8 Å². The second-order valence-corrected chi connectivity index (χ2v) is 7.59. The van der Waals surface area contributed by atoms with Crippen LogP contribution in [0, 0.1) is 6.92 Å². The van der Waals surface area contributed by atoms with Gasteiger partial charge in [-0.05, 0) is 44.5 Å². The maximum atomic E-state index is 12.4. The molecule has 0 saturated heterocycles. The molecule has 0 saturated carbocycles. The summed E-state index contributed by atoms with van der Waals surface area (Å²) in [5.74, 6) is 2.25. The minimum Gasteiger partial charge on any atom is -0.495 e. The van der Waals surface area contributed by atoms with E-state index in [2.05, 4.69) is 15.5 Å². The van der Waals surface area contributed by atoms with Gasteiger partial charge in [-0.2, -0.15) is 0 Å². The van der Waals surface area contributed by atoms with Crippen LogP contribution in [0.3, 0.4) is 0 Å². The third-order valence-corrected chi connectivity index (χ3v) is 5.50. The van der Waals surface area contributed by atoms with Crippen LogP contribution in [-0.4, -0.2) is 33.5 Å². The molecular weight excluding hydrogens is 400 g/mol. The van der Waals surface area contributed by atoms with E-state index in [1.54, 1.807) is 19.2 Å². The van der Waals surface area contributed by atoms with E-state index in [1.165, 1.54) is 11.8 Å². The number of hydrogen-bond donors (Lipinski definition) is 1. The van der Waals surface area contributed by atoms with Gasteiger partial charge >= 0.3 is 0 Å². The molecule has 1 atom stereocenters. The molecule has 0 radical (unpaired) electrons. The van der Waals surface area contributed by atoms with Crippen LogP contribution < -0.4 is 14.8 Å². The molecule has 8 heteroatoms. The Kier molecular flexibility index (Phi) is 7.35. The first-order valence-corrected chi connectivity index (χ1v) is 10.7. The normalized spacial score (nSPS) is 11.7. The molecule has 1 amide bonds. The molecule has 0 bridgehead atoms. The number of benzene rings is 2. The fourth-order valence-electron chi connectivity index (χ4n) is 3.00. The van der Waals surface area contributed by atoms with Crippen LogP contribution in [0.1, 0.15) is 31.3 Å². The van der Waals surface area contributed by atoms with Crippen molar-refractivity contribution in [1.29, 1.82) is 0 Å². The summed E-state index contributed by atoms with van der Waals surface area (Å²) >= 11 is 1.34. The number of hydrogen-bond acceptors (Lipinski definition) is 6. The van der Waals surface area contributed by atoms with Gasteiger partial charge in [0, 0.05) is 6.54 Å². The summed E-state index contributed by atoms with van der Waals surface area (Å²) in [6, 6.07) is 15.2. The van der Waals surface area contributed by atoms with Gasteiger partial charge in [0.05, 0.1) is 18.6 Å². The molecule has 3 rings (SSSR count). The van der Waals surface area contributed by atoms with Gasteiger partial charge in [-0.1, -0.05) is 42.1 Å². The summed E-state index contributed by atoms with van der Waals surface area (Å²) in [7, 11) is 1.57. The van der Waals surface area contributed by atoms with E-state index in [-0.39, 0.29) is 17.8 Å². The van der Waals surface area contributed by atoms with Crippen molar-refractivity contribution < 1.29 is 14.3 Å². The Hall–Kier alpha value is -3.00. The predicted molar refractivity (Wildman–Crippen MR) is 118 cm³/mol. The number of aryl methyl sites for hydroxylation is 1. The van der Waals surface area contributed by atoms with Gasteiger partial charge in [-0.15, -0.1) is 10.2 Å². The quantitative estimate of drug-likeness (QED) is 0.508. The third kappa shape index (κ3) is 5.13. The van der Waals surface area contributed by atoms with Crippen LogP contribution in [0.5, 0.6) is 11.5 Å². The lowest BCUT2D eigenvalue weighted by Crippen LogP contribution is -2.16. The number of amides is 1. The third-order valence-electron chi connectivity index (χ3n) is 4.54. The lowest BCUT2D eigenvalue weighted by molar-refractivity contribution is -0.113. The number of anilines is 1. The maximum Gasteiger partial charge on any atom is 0.234 e. The number of ether oxygens (including phenoxy) is 2. The Morgan fingerprint density at radius 3 is 2.53 bits per heavy atom. The molecule has 30 heavy (non-hydrogen) atoms. The number of aromatic nitrogens is 3. The lowest BCUT2D eigenvalue weighted by Gasteiger charge is -2.17. The van der Waals surface area contributed by atoms with Gasteiger partial charge in [0.15, 0.2) is 17.1 Å². The summed E-state index contributed by atoms with van der Waals surface area (Å²) in [5.41, 5.74) is 1.71. The zero-order valence-corrected chi connectivity index (χ0v) is 18.4. The lowest BCUT2D eigenvalue weighted by atomic mass is 10.2. The SMILES string of the molecule is CCn1c(SCC(=O)Nc2ccccc2OC)nnc1C(C)Oc1ccccc1C. The Morgan fingerprint density at radius 1 is 1.13 bits per heavy atom. The first-order chi connectivity index (χ1) is 14.5. The number of rotatable bonds is 9. The van der Waals surface area contributed by atoms with Gasteiger partial charge in [0.25, 0.3) is 0 Å². The van der Waals surface area contributed by atoms with Gasteiger partial charge in [0.2, 0.25) is 5.91 Å². The van der Waals surface area contributed by atoms with Gasteiger partial charge < -0.3 is 19.4 Å². The molecule has 1 aromatic heterocycles. The Bertz CT molecular complexity index is 1010. The second kappa shape index (κ2) is 10.2. The summed E-state index contributed by atoms with van der Waals surface area (Å²) < 4.78 is 13.3. The molecule has 7 nitrogen and oxygen atoms in total. The Labute approximate surface area is 180 Å². The maximum absolute atomic E-state index is 12.4. The minimum atomic E-state index is -0.268. The first kappa shape index (κ1) is 21.7. The zero-order chi connectivity index (χ0) is 21.5. The summed E-state index contributed by atoms with van der Waals surface area (Å²) in [5, 5.41) is 12.1. The van der Waals surface area contributed by atoms with E-state index in [4.69, 9.17) is 9.47 Å². The standard InChI is InChI=1S/C22H26N4O3S/c1-5-26-21(16(3)29-18-12-8-6-10-15(18)2)24-25-22(26)30-14-20(27)23-17-11-7-9-13-19(17)28-4/h6-13,16H,5,14H2,1-4H3,(H,23,27). The number of carbonyl (C=O) groups excluding carboxylic acids is 1. The molecule has 0 fully saturated rings. The molecule has 2 aromatic carbocycles. The number of nitrogens with zero attached hydrogens (tertiary/aromatic N) is 3. The molecule has 1 unspecified atom stereocenters. The van der Waals surface area contributed by atoms with Gasteiger partial charge in [-0.3, -0.25) is 4.79 Å². The first-order valence-electron chi connectivity index (χ1n) is 9.74. The number of methoxy groups -OCH3 is 1. The van der Waals surface area contributed by atoms with Crippen LogP contribution in [0.25, 0.3) is 0 Å². The highest BCUT2D eigenvalue weighted by atomic mass is 32.2. The highest BCUT2D eigenvalue weighted by molar-refractivity contribution is 7.99. The van der Waals surface area contributed by atoms with Gasteiger partial charge in [-0.25, -0.2) is 0 Å². The van der Waals surface area contributed by atoms with Crippen LogP contribution in [-0.2, 0) is 11.3 Å². The molecule has 0 aliphatic heterocycles.